The first-order chi connectivity index (χ1) is 5.43. The van der Waals surface area contributed by atoms with Crippen molar-refractivity contribution in [3.05, 3.63) is 12.7 Å². The highest BCUT2D eigenvalue weighted by atomic mass is 32.2. The molecule has 0 fully saturated rings. The van der Waals surface area contributed by atoms with Gasteiger partial charge in [0.25, 0.3) is 0 Å². The molecule has 0 aliphatic carbocycles. The van der Waals surface area contributed by atoms with E-state index in [0.717, 1.165) is 0 Å². The van der Waals surface area contributed by atoms with Crippen LogP contribution in [0.2, 0.25) is 0 Å². The molecule has 0 aliphatic rings. The zero-order valence-corrected chi connectivity index (χ0v) is 7.34. The molecule has 0 bridgehead atoms. The van der Waals surface area contributed by atoms with Crippen LogP contribution in [0.4, 0.5) is 13.2 Å². The summed E-state index contributed by atoms with van der Waals surface area (Å²) >= 11 is 0.661. The Bertz CT molecular complexity index is 176. The lowest BCUT2D eigenvalue weighted by molar-refractivity contribution is -0.165. The molecule has 0 aromatic rings. The highest BCUT2D eigenvalue weighted by molar-refractivity contribution is 8.13. The molecule has 1 unspecified atom stereocenters. The van der Waals surface area contributed by atoms with Crippen LogP contribution in [0.5, 0.6) is 0 Å². The van der Waals surface area contributed by atoms with E-state index in [1.54, 1.807) is 6.92 Å². The highest BCUT2D eigenvalue weighted by Gasteiger charge is 2.42. The van der Waals surface area contributed by atoms with Crippen LogP contribution in [0, 0.1) is 5.92 Å². The number of alkyl halides is 3. The second kappa shape index (κ2) is 4.54. The van der Waals surface area contributed by atoms with Crippen LogP contribution in [0.3, 0.4) is 0 Å². The van der Waals surface area contributed by atoms with Crippen LogP contribution in [0.1, 0.15) is 6.92 Å². The van der Waals surface area contributed by atoms with Crippen LogP contribution in [0.25, 0.3) is 0 Å². The highest BCUT2D eigenvalue weighted by Crippen LogP contribution is 2.30. The van der Waals surface area contributed by atoms with Gasteiger partial charge in [-0.05, 0) is 5.75 Å². The van der Waals surface area contributed by atoms with Crippen LogP contribution in [0.15, 0.2) is 12.7 Å². The van der Waals surface area contributed by atoms with Gasteiger partial charge in [0.2, 0.25) is 5.12 Å². The number of halogens is 3. The van der Waals surface area contributed by atoms with E-state index in [2.05, 4.69) is 6.58 Å². The molecule has 12 heavy (non-hydrogen) atoms. The third-order valence-corrected chi connectivity index (χ3v) is 1.96. The molecule has 70 valence electrons. The Hall–Kier alpha value is -0.450. The third-order valence-electron chi connectivity index (χ3n) is 1.13. The average molecular weight is 198 g/mol. The molecular formula is C7H9F3OS. The van der Waals surface area contributed by atoms with Crippen LogP contribution in [-0.4, -0.2) is 17.0 Å². The average Bonchev–Trinajstić information content (AvgIpc) is 1.85. The molecule has 0 aliphatic heterocycles. The summed E-state index contributed by atoms with van der Waals surface area (Å²) in [6, 6.07) is 0. The molecule has 0 saturated heterocycles. The van der Waals surface area contributed by atoms with Gasteiger partial charge in [0.05, 0.1) is 0 Å². The SMILES string of the molecule is C=CC(C(=O)SCC)C(F)(F)F. The first-order valence-electron chi connectivity index (χ1n) is 3.29. The summed E-state index contributed by atoms with van der Waals surface area (Å²) < 4.78 is 36.0. The van der Waals surface area contributed by atoms with Gasteiger partial charge >= 0.3 is 6.18 Å². The Morgan fingerprint density at radius 3 is 2.42 bits per heavy atom. The van der Waals surface area contributed by atoms with Crippen molar-refractivity contribution < 1.29 is 18.0 Å². The predicted octanol–water partition coefficient (Wildman–Crippen LogP) is 2.63. The van der Waals surface area contributed by atoms with E-state index >= 15 is 0 Å². The maximum Gasteiger partial charge on any atom is 0.402 e. The predicted molar refractivity (Wildman–Crippen MR) is 42.9 cm³/mol. The van der Waals surface area contributed by atoms with E-state index in [-0.39, 0.29) is 0 Å². The number of rotatable bonds is 3. The van der Waals surface area contributed by atoms with Crippen LogP contribution in [-0.2, 0) is 4.79 Å². The molecule has 0 radical (unpaired) electrons. The molecule has 0 aromatic heterocycles. The monoisotopic (exact) mass is 198 g/mol. The summed E-state index contributed by atoms with van der Waals surface area (Å²) in [4.78, 5) is 10.8. The lowest BCUT2D eigenvalue weighted by Gasteiger charge is -2.13. The first kappa shape index (κ1) is 11.6. The van der Waals surface area contributed by atoms with E-state index in [9.17, 15) is 18.0 Å². The van der Waals surface area contributed by atoms with E-state index in [1.807, 2.05) is 0 Å². The van der Waals surface area contributed by atoms with Gasteiger partial charge in [-0.2, -0.15) is 13.2 Å². The van der Waals surface area contributed by atoms with Crippen LogP contribution < -0.4 is 0 Å². The van der Waals surface area contributed by atoms with Gasteiger partial charge in [0.1, 0.15) is 5.92 Å². The summed E-state index contributed by atoms with van der Waals surface area (Å²) in [5, 5.41) is -0.889. The maximum absolute atomic E-state index is 12.0. The van der Waals surface area contributed by atoms with Gasteiger partial charge in [0, 0.05) is 0 Å². The summed E-state index contributed by atoms with van der Waals surface area (Å²) in [6.45, 7) is 4.60. The largest absolute Gasteiger partial charge is 0.402 e. The molecule has 1 nitrogen and oxygen atoms in total. The minimum absolute atomic E-state index is 0.346. The smallest absolute Gasteiger partial charge is 0.286 e. The van der Waals surface area contributed by atoms with E-state index in [0.29, 0.717) is 23.6 Å². The van der Waals surface area contributed by atoms with Crippen LogP contribution >= 0.6 is 11.8 Å². The number of thioether (sulfide) groups is 1. The summed E-state index contributed by atoms with van der Waals surface area (Å²) in [5.41, 5.74) is 0. The Morgan fingerprint density at radius 2 is 2.17 bits per heavy atom. The number of carbonyl (C=O) groups excluding carboxylic acids is 1. The normalized spacial score (nSPS) is 14.0. The minimum Gasteiger partial charge on any atom is -0.286 e. The van der Waals surface area contributed by atoms with Crippen molar-refractivity contribution in [3.8, 4) is 0 Å². The van der Waals surface area contributed by atoms with Crippen molar-refractivity contribution in [3.63, 3.8) is 0 Å². The molecule has 0 N–H and O–H groups in total. The Morgan fingerprint density at radius 1 is 1.67 bits per heavy atom. The van der Waals surface area contributed by atoms with Crippen molar-refractivity contribution in [2.24, 2.45) is 5.92 Å². The van der Waals surface area contributed by atoms with Crippen molar-refractivity contribution in [2.45, 2.75) is 13.1 Å². The Labute approximate surface area is 73.0 Å². The lowest BCUT2D eigenvalue weighted by atomic mass is 10.1. The summed E-state index contributed by atoms with van der Waals surface area (Å²) in [6.07, 6.45) is -3.87. The Balaban J connectivity index is 4.35. The lowest BCUT2D eigenvalue weighted by Crippen LogP contribution is -2.27. The first-order valence-corrected chi connectivity index (χ1v) is 4.28. The Kier molecular flexibility index (Phi) is 4.37. The molecule has 0 spiro atoms. The van der Waals surface area contributed by atoms with Gasteiger partial charge in [-0.25, -0.2) is 0 Å². The standard InChI is InChI=1S/C7H9F3OS/c1-3-5(7(8,9)10)6(11)12-4-2/h3,5H,1,4H2,2H3. The molecule has 0 aromatic carbocycles. The second-order valence-corrected chi connectivity index (χ2v) is 3.28. The zero-order chi connectivity index (χ0) is 9.78. The van der Waals surface area contributed by atoms with E-state index in [4.69, 9.17) is 0 Å². The minimum atomic E-state index is -4.50. The molecule has 0 saturated carbocycles. The van der Waals surface area contributed by atoms with Crippen molar-refractivity contribution in [2.75, 3.05) is 5.75 Å². The topological polar surface area (TPSA) is 17.1 Å². The fraction of sp³-hybridized carbons (Fsp3) is 0.571. The fourth-order valence-corrected chi connectivity index (χ4v) is 1.29. The molecule has 1 atom stereocenters. The number of hydrogen-bond donors (Lipinski definition) is 0. The molecular weight excluding hydrogens is 189 g/mol. The fourth-order valence-electron chi connectivity index (χ4n) is 0.596. The molecule has 5 heteroatoms. The van der Waals surface area contributed by atoms with Gasteiger partial charge in [-0.1, -0.05) is 24.8 Å². The van der Waals surface area contributed by atoms with E-state index in [1.165, 1.54) is 0 Å². The number of allylic oxidation sites excluding steroid dienone is 1. The molecule has 0 heterocycles. The molecule has 0 amide bonds. The van der Waals surface area contributed by atoms with Crippen molar-refractivity contribution in [1.82, 2.24) is 0 Å². The number of carbonyl (C=O) groups is 1. The van der Waals surface area contributed by atoms with Gasteiger partial charge in [0.15, 0.2) is 0 Å². The zero-order valence-electron chi connectivity index (χ0n) is 6.52. The maximum atomic E-state index is 12.0. The third kappa shape index (κ3) is 3.30. The van der Waals surface area contributed by atoms with Crippen molar-refractivity contribution >= 4 is 16.9 Å². The summed E-state index contributed by atoms with van der Waals surface area (Å²) in [5.74, 6) is -1.68. The van der Waals surface area contributed by atoms with Gasteiger partial charge < -0.3 is 0 Å². The quantitative estimate of drug-likeness (QED) is 0.648. The van der Waals surface area contributed by atoms with Crippen molar-refractivity contribution in [1.29, 1.82) is 0 Å². The summed E-state index contributed by atoms with van der Waals surface area (Å²) in [7, 11) is 0. The molecule has 0 rings (SSSR count). The van der Waals surface area contributed by atoms with Gasteiger partial charge in [-0.3, -0.25) is 4.79 Å². The number of hydrogen-bond acceptors (Lipinski definition) is 2. The second-order valence-electron chi connectivity index (χ2n) is 2.01. The van der Waals surface area contributed by atoms with Gasteiger partial charge in [-0.15, -0.1) is 6.58 Å². The van der Waals surface area contributed by atoms with E-state index < -0.39 is 17.2 Å².